The second-order valence-electron chi connectivity index (χ2n) is 9.00. The van der Waals surface area contributed by atoms with E-state index in [9.17, 15) is 14.0 Å². The molecule has 2 bridgehead atoms. The zero-order valence-corrected chi connectivity index (χ0v) is 18.6. The van der Waals surface area contributed by atoms with E-state index in [0.29, 0.717) is 29.1 Å². The van der Waals surface area contributed by atoms with Crippen molar-refractivity contribution in [1.29, 1.82) is 0 Å². The number of aryl methyl sites for hydroxylation is 1. The largest absolute Gasteiger partial charge is 0.484 e. The van der Waals surface area contributed by atoms with Crippen LogP contribution in [0.25, 0.3) is 11.4 Å². The standard InChI is InChI=1S/C24H21ClFN3O4/c1-14-21(22(29-33-14)18-4-2-3-7-27-18)19(30)9-23-11-24(12-23,13-23)28-20(31)10-32-15-5-6-16(25)17(26)8-15/h2-8H,9-13H2,1H3,(H,28,31). The second-order valence-corrected chi connectivity index (χ2v) is 9.41. The molecule has 1 aromatic carbocycles. The first kappa shape index (κ1) is 21.6. The van der Waals surface area contributed by atoms with Crippen molar-refractivity contribution in [2.45, 2.75) is 38.1 Å². The molecule has 0 atom stereocenters. The Bertz CT molecular complexity index is 1220. The summed E-state index contributed by atoms with van der Waals surface area (Å²) in [6.07, 6.45) is 4.21. The van der Waals surface area contributed by atoms with E-state index in [2.05, 4.69) is 15.5 Å². The van der Waals surface area contributed by atoms with Crippen LogP contribution in [0.2, 0.25) is 5.02 Å². The van der Waals surface area contributed by atoms with E-state index < -0.39 is 5.82 Å². The second kappa shape index (κ2) is 7.95. The van der Waals surface area contributed by atoms with Gasteiger partial charge in [0, 0.05) is 24.2 Å². The zero-order chi connectivity index (χ0) is 23.2. The number of aromatic nitrogens is 2. The van der Waals surface area contributed by atoms with Gasteiger partial charge in [0.25, 0.3) is 5.91 Å². The lowest BCUT2D eigenvalue weighted by Gasteiger charge is -2.70. The quantitative estimate of drug-likeness (QED) is 0.487. The third-order valence-electron chi connectivity index (χ3n) is 6.39. The maximum atomic E-state index is 13.5. The van der Waals surface area contributed by atoms with E-state index >= 15 is 0 Å². The van der Waals surface area contributed by atoms with Gasteiger partial charge in [-0.1, -0.05) is 22.8 Å². The number of rotatable bonds is 8. The molecule has 0 aliphatic heterocycles. The molecule has 0 unspecified atom stereocenters. The summed E-state index contributed by atoms with van der Waals surface area (Å²) in [6, 6.07) is 9.45. The van der Waals surface area contributed by atoms with Crippen LogP contribution in [0.3, 0.4) is 0 Å². The van der Waals surface area contributed by atoms with Crippen molar-refractivity contribution in [1.82, 2.24) is 15.5 Å². The lowest BCUT2D eigenvalue weighted by atomic mass is 9.38. The molecular weight excluding hydrogens is 449 g/mol. The SMILES string of the molecule is Cc1onc(-c2ccccn2)c1C(=O)CC12CC(NC(=O)COc3ccc(Cl)c(F)c3)(C1)C2. The highest BCUT2D eigenvalue weighted by atomic mass is 35.5. The molecule has 0 radical (unpaired) electrons. The van der Waals surface area contributed by atoms with Gasteiger partial charge in [-0.3, -0.25) is 14.6 Å². The van der Waals surface area contributed by atoms with Crippen molar-refractivity contribution in [3.8, 4) is 17.1 Å². The molecule has 3 aliphatic rings. The predicted octanol–water partition coefficient (Wildman–Crippen LogP) is 4.53. The number of ether oxygens (including phenoxy) is 1. The van der Waals surface area contributed by atoms with Crippen LogP contribution < -0.4 is 10.1 Å². The number of carbonyl (C=O) groups excluding carboxylic acids is 2. The first-order valence-corrected chi connectivity index (χ1v) is 11.0. The van der Waals surface area contributed by atoms with Crippen LogP contribution in [-0.4, -0.2) is 34.0 Å². The van der Waals surface area contributed by atoms with Crippen LogP contribution >= 0.6 is 11.6 Å². The highest BCUT2D eigenvalue weighted by Crippen LogP contribution is 2.69. The molecule has 0 saturated heterocycles. The number of carbonyl (C=O) groups is 2. The summed E-state index contributed by atoms with van der Waals surface area (Å²) < 4.78 is 24.1. The molecule has 33 heavy (non-hydrogen) atoms. The Morgan fingerprint density at radius 2 is 2.03 bits per heavy atom. The van der Waals surface area contributed by atoms with Crippen molar-refractivity contribution < 1.29 is 23.2 Å². The summed E-state index contributed by atoms with van der Waals surface area (Å²) in [4.78, 5) is 29.7. The van der Waals surface area contributed by atoms with Crippen LogP contribution in [0.5, 0.6) is 5.75 Å². The zero-order valence-electron chi connectivity index (χ0n) is 17.9. The Morgan fingerprint density at radius 3 is 2.73 bits per heavy atom. The minimum absolute atomic E-state index is 0.00550. The molecule has 0 spiro atoms. The average molecular weight is 470 g/mol. The van der Waals surface area contributed by atoms with E-state index in [0.717, 1.165) is 25.3 Å². The summed E-state index contributed by atoms with van der Waals surface area (Å²) in [6.45, 7) is 1.50. The number of halogens is 2. The van der Waals surface area contributed by atoms with Gasteiger partial charge >= 0.3 is 0 Å². The lowest BCUT2D eigenvalue weighted by molar-refractivity contribution is -0.164. The van der Waals surface area contributed by atoms with Crippen LogP contribution in [0.4, 0.5) is 4.39 Å². The fraction of sp³-hybridized carbons (Fsp3) is 0.333. The third kappa shape index (κ3) is 3.99. The molecule has 3 aliphatic carbocycles. The van der Waals surface area contributed by atoms with Gasteiger partial charge in [-0.25, -0.2) is 4.39 Å². The van der Waals surface area contributed by atoms with Gasteiger partial charge in [-0.05, 0) is 55.9 Å². The fourth-order valence-corrected chi connectivity index (χ4v) is 5.29. The number of hydrogen-bond donors (Lipinski definition) is 1. The van der Waals surface area contributed by atoms with Crippen molar-refractivity contribution in [2.75, 3.05) is 6.61 Å². The Labute approximate surface area is 194 Å². The molecule has 1 amide bonds. The Hall–Kier alpha value is -3.26. The number of amides is 1. The highest BCUT2D eigenvalue weighted by Gasteiger charge is 2.68. The monoisotopic (exact) mass is 469 g/mol. The van der Waals surface area contributed by atoms with Gasteiger partial charge in [0.05, 0.1) is 16.3 Å². The maximum absolute atomic E-state index is 13.5. The number of nitrogens with one attached hydrogen (secondary N) is 1. The van der Waals surface area contributed by atoms with Crippen LogP contribution in [0.15, 0.2) is 47.1 Å². The number of pyridine rings is 1. The Kier molecular flexibility index (Phi) is 5.20. The van der Waals surface area contributed by atoms with E-state index in [1.54, 1.807) is 25.3 Å². The Morgan fingerprint density at radius 1 is 1.24 bits per heavy atom. The summed E-state index contributed by atoms with van der Waals surface area (Å²) in [5, 5.41) is 7.04. The first-order chi connectivity index (χ1) is 15.8. The van der Waals surface area contributed by atoms with E-state index in [4.69, 9.17) is 20.9 Å². The lowest BCUT2D eigenvalue weighted by Crippen LogP contribution is -2.75. The molecule has 1 N–H and O–H groups in total. The molecule has 7 nitrogen and oxygen atoms in total. The molecule has 3 fully saturated rings. The van der Waals surface area contributed by atoms with Gasteiger partial charge in [0.2, 0.25) is 0 Å². The summed E-state index contributed by atoms with van der Waals surface area (Å²) in [7, 11) is 0. The Balaban J connectivity index is 1.15. The molecule has 6 rings (SSSR count). The topological polar surface area (TPSA) is 94.3 Å². The summed E-state index contributed by atoms with van der Waals surface area (Å²) >= 11 is 5.65. The van der Waals surface area contributed by atoms with Crippen LogP contribution in [0, 0.1) is 18.2 Å². The van der Waals surface area contributed by atoms with Crippen LogP contribution in [-0.2, 0) is 4.79 Å². The fourth-order valence-electron chi connectivity index (χ4n) is 5.17. The molecule has 2 aromatic heterocycles. The molecule has 170 valence electrons. The summed E-state index contributed by atoms with van der Waals surface area (Å²) in [5.74, 6) is -0.195. The molecule has 2 heterocycles. The third-order valence-corrected chi connectivity index (χ3v) is 6.70. The number of hydrogen-bond acceptors (Lipinski definition) is 6. The smallest absolute Gasteiger partial charge is 0.258 e. The van der Waals surface area contributed by atoms with Gasteiger partial charge in [-0.15, -0.1) is 0 Å². The molecular formula is C24H21ClFN3O4. The van der Waals surface area contributed by atoms with Gasteiger partial charge in [-0.2, -0.15) is 0 Å². The van der Waals surface area contributed by atoms with E-state index in [-0.39, 0.29) is 40.0 Å². The van der Waals surface area contributed by atoms with E-state index in [1.165, 1.54) is 12.1 Å². The first-order valence-electron chi connectivity index (χ1n) is 10.6. The van der Waals surface area contributed by atoms with Crippen molar-refractivity contribution in [2.24, 2.45) is 5.41 Å². The predicted molar refractivity (Wildman–Crippen MR) is 117 cm³/mol. The highest BCUT2D eigenvalue weighted by molar-refractivity contribution is 6.30. The van der Waals surface area contributed by atoms with Crippen molar-refractivity contribution in [3.63, 3.8) is 0 Å². The minimum atomic E-state index is -0.602. The van der Waals surface area contributed by atoms with Crippen LogP contribution in [0.1, 0.15) is 41.8 Å². The van der Waals surface area contributed by atoms with Crippen molar-refractivity contribution >= 4 is 23.3 Å². The number of benzene rings is 1. The van der Waals surface area contributed by atoms with E-state index in [1.807, 2.05) is 6.07 Å². The number of Topliss-reactive ketones (excluding diaryl/α,β-unsaturated/α-hetero) is 1. The molecule has 3 saturated carbocycles. The van der Waals surface area contributed by atoms with Gasteiger partial charge < -0.3 is 14.6 Å². The molecule has 3 aromatic rings. The number of nitrogens with zero attached hydrogens (tertiary/aromatic N) is 2. The van der Waals surface area contributed by atoms with Gasteiger partial charge in [0.1, 0.15) is 23.0 Å². The van der Waals surface area contributed by atoms with Gasteiger partial charge in [0.15, 0.2) is 12.4 Å². The maximum Gasteiger partial charge on any atom is 0.258 e. The minimum Gasteiger partial charge on any atom is -0.484 e. The molecule has 9 heteroatoms. The average Bonchev–Trinajstić information content (AvgIpc) is 3.14. The summed E-state index contributed by atoms with van der Waals surface area (Å²) in [5.41, 5.74) is 1.12. The number of ketones is 1. The normalized spacial score (nSPS) is 22.8. The van der Waals surface area contributed by atoms with Crippen molar-refractivity contribution in [3.05, 3.63) is 64.8 Å².